The summed E-state index contributed by atoms with van der Waals surface area (Å²) in [5.41, 5.74) is 9.69. The molecule has 0 aromatic heterocycles. The Hall–Kier alpha value is -0.0800. The Morgan fingerprint density at radius 3 is 0.909 bits per heavy atom. The Balaban J connectivity index is -0.0000000933. The Kier molecular flexibility index (Phi) is 50.8. The number of hydrogen-bond acceptors (Lipinski definition) is 2. The van der Waals surface area contributed by atoms with Crippen LogP contribution in [0.2, 0.25) is 0 Å². The van der Waals surface area contributed by atoms with Gasteiger partial charge in [-0.15, -0.1) is 0 Å². The molecular weight excluding hydrogens is 136 g/mol. The molecule has 4 N–H and O–H groups in total. The fourth-order valence-electron chi connectivity index (χ4n) is 0.354. The average molecular weight is 162 g/mol. The van der Waals surface area contributed by atoms with Crippen LogP contribution in [-0.2, 0) is 0 Å². The van der Waals surface area contributed by atoms with Crippen molar-refractivity contribution in [2.45, 2.75) is 47.0 Å². The standard InChI is InChI=1S/C5H12.2C2H7N/c1-3-5-4-2;2*1-2-3/h3-5H2,1-2H3;2*2-3H2,1H3. The lowest BCUT2D eigenvalue weighted by molar-refractivity contribution is 0.772. The second-order valence-electron chi connectivity index (χ2n) is 2.17. The van der Waals surface area contributed by atoms with Gasteiger partial charge in [0.25, 0.3) is 0 Å². The van der Waals surface area contributed by atoms with E-state index in [2.05, 4.69) is 13.8 Å². The normalized spacial score (nSPS) is 7.09. The number of hydrogen-bond donors (Lipinski definition) is 2. The van der Waals surface area contributed by atoms with Crippen LogP contribution in [0.1, 0.15) is 47.0 Å². The van der Waals surface area contributed by atoms with Crippen molar-refractivity contribution in [2.24, 2.45) is 11.5 Å². The maximum Gasteiger partial charge on any atom is -0.0106 e. The van der Waals surface area contributed by atoms with Crippen LogP contribution in [0.5, 0.6) is 0 Å². The van der Waals surface area contributed by atoms with Gasteiger partial charge in [-0.2, -0.15) is 0 Å². The van der Waals surface area contributed by atoms with Crippen molar-refractivity contribution >= 4 is 0 Å². The molecule has 0 aliphatic rings. The van der Waals surface area contributed by atoms with E-state index in [9.17, 15) is 0 Å². The highest BCUT2D eigenvalue weighted by Crippen LogP contribution is 1.88. The highest BCUT2D eigenvalue weighted by molar-refractivity contribution is 4.24. The molecule has 0 rings (SSSR count). The van der Waals surface area contributed by atoms with Crippen molar-refractivity contribution in [3.05, 3.63) is 0 Å². The van der Waals surface area contributed by atoms with Crippen molar-refractivity contribution in [1.29, 1.82) is 0 Å². The molecular formula is C9H26N2. The largest absolute Gasteiger partial charge is 0.331 e. The Bertz CT molecular complexity index is 26.7. The van der Waals surface area contributed by atoms with Crippen LogP contribution in [0.25, 0.3) is 0 Å². The summed E-state index contributed by atoms with van der Waals surface area (Å²) in [6.45, 7) is 9.73. The van der Waals surface area contributed by atoms with Gasteiger partial charge in [-0.3, -0.25) is 0 Å². The van der Waals surface area contributed by atoms with E-state index in [-0.39, 0.29) is 0 Å². The molecule has 0 aromatic carbocycles. The first-order valence-electron chi connectivity index (χ1n) is 4.64. The molecule has 0 unspecified atom stereocenters. The van der Waals surface area contributed by atoms with Crippen LogP contribution in [-0.4, -0.2) is 13.1 Å². The third-order valence-electron chi connectivity index (χ3n) is 0.707. The zero-order chi connectivity index (χ0) is 9.54. The molecule has 0 saturated heterocycles. The van der Waals surface area contributed by atoms with Gasteiger partial charge < -0.3 is 11.5 Å². The molecule has 72 valence electrons. The molecule has 0 aromatic rings. The molecule has 0 aliphatic heterocycles. The third kappa shape index (κ3) is 169. The maximum absolute atomic E-state index is 4.85. The molecule has 0 spiro atoms. The van der Waals surface area contributed by atoms with Gasteiger partial charge in [-0.05, 0) is 13.1 Å². The summed E-state index contributed by atoms with van der Waals surface area (Å²) >= 11 is 0. The van der Waals surface area contributed by atoms with Crippen molar-refractivity contribution in [3.63, 3.8) is 0 Å². The van der Waals surface area contributed by atoms with Gasteiger partial charge in [0.15, 0.2) is 0 Å². The van der Waals surface area contributed by atoms with E-state index in [4.69, 9.17) is 11.5 Å². The molecule has 2 heteroatoms. The van der Waals surface area contributed by atoms with Gasteiger partial charge in [-0.1, -0.05) is 47.0 Å². The number of nitrogens with two attached hydrogens (primary N) is 2. The molecule has 0 atom stereocenters. The summed E-state index contributed by atoms with van der Waals surface area (Å²) < 4.78 is 0. The van der Waals surface area contributed by atoms with Gasteiger partial charge in [0.2, 0.25) is 0 Å². The van der Waals surface area contributed by atoms with E-state index in [1.807, 2.05) is 13.8 Å². The third-order valence-corrected chi connectivity index (χ3v) is 0.707. The SMILES string of the molecule is CCCCC.CCN.CCN. The van der Waals surface area contributed by atoms with Crippen LogP contribution < -0.4 is 11.5 Å². The monoisotopic (exact) mass is 162 g/mol. The Morgan fingerprint density at radius 1 is 0.727 bits per heavy atom. The van der Waals surface area contributed by atoms with Gasteiger partial charge in [0, 0.05) is 0 Å². The van der Waals surface area contributed by atoms with Crippen molar-refractivity contribution in [3.8, 4) is 0 Å². The second-order valence-corrected chi connectivity index (χ2v) is 2.17. The summed E-state index contributed by atoms with van der Waals surface area (Å²) in [4.78, 5) is 0. The molecule has 0 radical (unpaired) electrons. The smallest absolute Gasteiger partial charge is 0.0106 e. The highest BCUT2D eigenvalue weighted by atomic mass is 14.5. The number of rotatable bonds is 2. The van der Waals surface area contributed by atoms with E-state index in [0.717, 1.165) is 13.1 Å². The Morgan fingerprint density at radius 2 is 0.909 bits per heavy atom. The molecule has 0 amide bonds. The zero-order valence-electron chi connectivity index (χ0n) is 8.69. The van der Waals surface area contributed by atoms with Crippen molar-refractivity contribution in [2.75, 3.05) is 13.1 Å². The van der Waals surface area contributed by atoms with Crippen LogP contribution in [0.4, 0.5) is 0 Å². The van der Waals surface area contributed by atoms with Crippen LogP contribution >= 0.6 is 0 Å². The van der Waals surface area contributed by atoms with E-state index in [0.29, 0.717) is 0 Å². The van der Waals surface area contributed by atoms with Gasteiger partial charge >= 0.3 is 0 Å². The first-order chi connectivity index (χ1) is 5.24. The van der Waals surface area contributed by atoms with Crippen molar-refractivity contribution in [1.82, 2.24) is 0 Å². The summed E-state index contributed by atoms with van der Waals surface area (Å²) in [5.74, 6) is 0. The molecule has 11 heavy (non-hydrogen) atoms. The molecule has 0 fully saturated rings. The lowest BCUT2D eigenvalue weighted by Gasteiger charge is -1.79. The molecule has 0 heterocycles. The lowest BCUT2D eigenvalue weighted by atomic mass is 10.3. The fourth-order valence-corrected chi connectivity index (χ4v) is 0.354. The summed E-state index contributed by atoms with van der Waals surface area (Å²) in [6, 6.07) is 0. The van der Waals surface area contributed by atoms with Crippen molar-refractivity contribution < 1.29 is 0 Å². The quantitative estimate of drug-likeness (QED) is 0.653. The average Bonchev–Trinajstić information content (AvgIpc) is 1.92. The van der Waals surface area contributed by atoms with Crippen LogP contribution in [0.3, 0.4) is 0 Å². The molecule has 0 saturated carbocycles. The first kappa shape index (κ1) is 17.1. The highest BCUT2D eigenvalue weighted by Gasteiger charge is 1.68. The van der Waals surface area contributed by atoms with E-state index in [1.54, 1.807) is 0 Å². The lowest BCUT2D eigenvalue weighted by Crippen LogP contribution is -1.87. The first-order valence-corrected chi connectivity index (χ1v) is 4.64. The second kappa shape index (κ2) is 32.6. The van der Waals surface area contributed by atoms with E-state index < -0.39 is 0 Å². The topological polar surface area (TPSA) is 52.0 Å². The summed E-state index contributed by atoms with van der Waals surface area (Å²) in [6.07, 6.45) is 4.08. The molecule has 2 nitrogen and oxygen atoms in total. The summed E-state index contributed by atoms with van der Waals surface area (Å²) in [5, 5.41) is 0. The van der Waals surface area contributed by atoms with Gasteiger partial charge in [0.1, 0.15) is 0 Å². The van der Waals surface area contributed by atoms with E-state index in [1.165, 1.54) is 19.3 Å². The fraction of sp³-hybridized carbons (Fsp3) is 1.00. The Labute approximate surface area is 72.4 Å². The minimum absolute atomic E-state index is 0.750. The van der Waals surface area contributed by atoms with Crippen LogP contribution in [0, 0.1) is 0 Å². The maximum atomic E-state index is 4.85. The molecule has 0 bridgehead atoms. The predicted molar refractivity (Wildman–Crippen MR) is 54.7 cm³/mol. The predicted octanol–water partition coefficient (Wildman–Crippen LogP) is 2.13. The summed E-state index contributed by atoms with van der Waals surface area (Å²) in [7, 11) is 0. The minimum atomic E-state index is 0.750. The van der Waals surface area contributed by atoms with Crippen LogP contribution in [0.15, 0.2) is 0 Å². The van der Waals surface area contributed by atoms with Gasteiger partial charge in [0.05, 0.1) is 0 Å². The minimum Gasteiger partial charge on any atom is -0.331 e. The van der Waals surface area contributed by atoms with Gasteiger partial charge in [-0.25, -0.2) is 0 Å². The number of unbranched alkanes of at least 4 members (excludes halogenated alkanes) is 2. The molecule has 0 aliphatic carbocycles. The zero-order valence-corrected chi connectivity index (χ0v) is 8.69. The van der Waals surface area contributed by atoms with E-state index >= 15 is 0 Å².